The molecule has 1 spiro atoms. The number of carbonyl (C=O) groups is 1. The van der Waals surface area contributed by atoms with Gasteiger partial charge >= 0.3 is 0 Å². The number of hydrogen-bond donors (Lipinski definition) is 1. The minimum Gasteiger partial charge on any atom is -0.329 e. The number of amides is 1. The van der Waals surface area contributed by atoms with Crippen LogP contribution in [-0.4, -0.2) is 39.7 Å². The Balaban J connectivity index is 1.60. The molecule has 3 heterocycles. The molecule has 1 saturated carbocycles. The minimum absolute atomic E-state index is 0.0825. The van der Waals surface area contributed by atoms with Crippen LogP contribution in [0.2, 0.25) is 0 Å². The molecule has 2 aromatic heterocycles. The highest BCUT2D eigenvalue weighted by Gasteiger charge is 2.58. The maximum Gasteiger partial charge on any atom is 0.274 e. The van der Waals surface area contributed by atoms with E-state index in [1.165, 1.54) is 18.4 Å². The maximum atomic E-state index is 13.4. The SMILES string of the molecule is CC(C)c1cc(C(=O)N(Cc2ccsc2)C2CC23CCNCC3)nn1C. The van der Waals surface area contributed by atoms with Gasteiger partial charge < -0.3 is 10.2 Å². The Morgan fingerprint density at radius 2 is 2.23 bits per heavy atom. The fourth-order valence-electron chi connectivity index (χ4n) is 4.41. The van der Waals surface area contributed by atoms with E-state index in [9.17, 15) is 4.79 Å². The largest absolute Gasteiger partial charge is 0.329 e. The van der Waals surface area contributed by atoms with Crippen LogP contribution >= 0.6 is 11.3 Å². The predicted octanol–water partition coefficient (Wildman–Crippen LogP) is 3.39. The van der Waals surface area contributed by atoms with Gasteiger partial charge in [-0.05, 0) is 72.1 Å². The van der Waals surface area contributed by atoms with Crippen LogP contribution in [0.5, 0.6) is 0 Å². The Morgan fingerprint density at radius 3 is 2.85 bits per heavy atom. The average molecular weight is 373 g/mol. The zero-order valence-corrected chi connectivity index (χ0v) is 16.7. The number of thiophene rings is 1. The third-order valence-electron chi connectivity index (χ3n) is 6.04. The van der Waals surface area contributed by atoms with Crippen LogP contribution < -0.4 is 5.32 Å². The number of piperidine rings is 1. The summed E-state index contributed by atoms with van der Waals surface area (Å²) in [5.41, 5.74) is 3.24. The van der Waals surface area contributed by atoms with Gasteiger partial charge in [0.05, 0.1) is 0 Å². The molecule has 0 bridgehead atoms. The number of nitrogens with zero attached hydrogens (tertiary/aromatic N) is 3. The van der Waals surface area contributed by atoms with Crippen LogP contribution in [-0.2, 0) is 13.6 Å². The molecule has 5 nitrogen and oxygen atoms in total. The highest BCUT2D eigenvalue weighted by Crippen LogP contribution is 2.56. The van der Waals surface area contributed by atoms with E-state index < -0.39 is 0 Å². The summed E-state index contributed by atoms with van der Waals surface area (Å²) in [4.78, 5) is 15.5. The standard InChI is InChI=1S/C20H28N4OS/c1-14(2)17-10-16(22-23(17)3)19(25)24(12-15-4-9-26-13-15)18-11-20(18)5-7-21-8-6-20/h4,9-10,13-14,18,21H,5-8,11-12H2,1-3H3. The average Bonchev–Trinajstić information content (AvgIpc) is 3.00. The molecule has 1 unspecified atom stereocenters. The number of hydrogen-bond acceptors (Lipinski definition) is 4. The topological polar surface area (TPSA) is 50.2 Å². The molecule has 2 aliphatic rings. The van der Waals surface area contributed by atoms with Gasteiger partial charge in [-0.3, -0.25) is 9.48 Å². The lowest BCUT2D eigenvalue weighted by Crippen LogP contribution is -2.39. The van der Waals surface area contributed by atoms with Crippen LogP contribution in [0, 0.1) is 5.41 Å². The highest BCUT2D eigenvalue weighted by molar-refractivity contribution is 7.07. The lowest BCUT2D eigenvalue weighted by atomic mass is 9.93. The number of aromatic nitrogens is 2. The fourth-order valence-corrected chi connectivity index (χ4v) is 5.07. The van der Waals surface area contributed by atoms with Crippen molar-refractivity contribution in [1.29, 1.82) is 0 Å². The first kappa shape index (κ1) is 17.7. The highest BCUT2D eigenvalue weighted by atomic mass is 32.1. The number of rotatable bonds is 5. The minimum atomic E-state index is 0.0825. The quantitative estimate of drug-likeness (QED) is 0.875. The van der Waals surface area contributed by atoms with Crippen molar-refractivity contribution >= 4 is 17.2 Å². The zero-order chi connectivity index (χ0) is 18.3. The molecule has 1 saturated heterocycles. The summed E-state index contributed by atoms with van der Waals surface area (Å²) in [7, 11) is 1.93. The first-order valence-corrected chi connectivity index (χ1v) is 10.5. The summed E-state index contributed by atoms with van der Waals surface area (Å²) in [5.74, 6) is 0.440. The van der Waals surface area contributed by atoms with Crippen LogP contribution in [0.25, 0.3) is 0 Å². The number of carbonyl (C=O) groups excluding carboxylic acids is 1. The number of nitrogens with one attached hydrogen (secondary N) is 1. The van der Waals surface area contributed by atoms with Gasteiger partial charge in [-0.1, -0.05) is 13.8 Å². The van der Waals surface area contributed by atoms with E-state index in [1.807, 2.05) is 17.8 Å². The Bertz CT molecular complexity index is 774. The molecular weight excluding hydrogens is 344 g/mol. The van der Waals surface area contributed by atoms with Crippen molar-refractivity contribution < 1.29 is 4.79 Å². The molecule has 1 atom stereocenters. The lowest BCUT2D eigenvalue weighted by molar-refractivity contribution is 0.0685. The monoisotopic (exact) mass is 372 g/mol. The van der Waals surface area contributed by atoms with Gasteiger partial charge in [0, 0.05) is 25.3 Å². The van der Waals surface area contributed by atoms with Crippen molar-refractivity contribution in [2.75, 3.05) is 13.1 Å². The van der Waals surface area contributed by atoms with Gasteiger partial charge in [0.15, 0.2) is 5.69 Å². The first-order chi connectivity index (χ1) is 12.5. The summed E-state index contributed by atoms with van der Waals surface area (Å²) >= 11 is 1.69. The smallest absolute Gasteiger partial charge is 0.274 e. The summed E-state index contributed by atoms with van der Waals surface area (Å²) in [6, 6.07) is 4.45. The molecule has 26 heavy (non-hydrogen) atoms. The maximum absolute atomic E-state index is 13.4. The number of aryl methyl sites for hydroxylation is 1. The van der Waals surface area contributed by atoms with Crippen molar-refractivity contribution in [3.8, 4) is 0 Å². The Hall–Kier alpha value is -1.66. The van der Waals surface area contributed by atoms with Crippen molar-refractivity contribution in [3.05, 3.63) is 39.8 Å². The normalized spacial score (nSPS) is 21.3. The summed E-state index contributed by atoms with van der Waals surface area (Å²) in [5, 5.41) is 12.2. The van der Waals surface area contributed by atoms with Crippen LogP contribution in [0.4, 0.5) is 0 Å². The van der Waals surface area contributed by atoms with Gasteiger partial charge in [-0.25, -0.2) is 0 Å². The Kier molecular flexibility index (Phi) is 4.65. The summed E-state index contributed by atoms with van der Waals surface area (Å²) < 4.78 is 1.86. The van der Waals surface area contributed by atoms with E-state index >= 15 is 0 Å². The van der Waals surface area contributed by atoms with E-state index in [2.05, 4.69) is 46.0 Å². The third-order valence-corrected chi connectivity index (χ3v) is 6.77. The van der Waals surface area contributed by atoms with Crippen molar-refractivity contribution in [3.63, 3.8) is 0 Å². The molecule has 140 valence electrons. The molecule has 0 aromatic carbocycles. The molecule has 4 rings (SSSR count). The second kappa shape index (κ2) is 6.82. The van der Waals surface area contributed by atoms with Crippen LogP contribution in [0.3, 0.4) is 0 Å². The van der Waals surface area contributed by atoms with Gasteiger partial charge in [0.2, 0.25) is 0 Å². The molecule has 1 amide bonds. The van der Waals surface area contributed by atoms with Gasteiger partial charge in [-0.15, -0.1) is 0 Å². The first-order valence-electron chi connectivity index (χ1n) is 9.57. The molecular formula is C20H28N4OS. The van der Waals surface area contributed by atoms with Gasteiger partial charge in [0.1, 0.15) is 0 Å². The molecule has 6 heteroatoms. The van der Waals surface area contributed by atoms with E-state index in [0.29, 0.717) is 29.6 Å². The Labute approximate surface area is 159 Å². The second-order valence-corrected chi connectivity index (χ2v) is 8.91. The third kappa shape index (κ3) is 3.21. The summed E-state index contributed by atoms with van der Waals surface area (Å²) in [6.45, 7) is 7.10. The van der Waals surface area contributed by atoms with Gasteiger partial charge in [-0.2, -0.15) is 16.4 Å². The van der Waals surface area contributed by atoms with Crippen LogP contribution in [0.1, 0.15) is 60.8 Å². The van der Waals surface area contributed by atoms with E-state index in [0.717, 1.165) is 25.2 Å². The molecule has 1 aliphatic carbocycles. The molecule has 2 aromatic rings. The lowest BCUT2D eigenvalue weighted by Gasteiger charge is -2.29. The van der Waals surface area contributed by atoms with Crippen molar-refractivity contribution in [1.82, 2.24) is 20.0 Å². The molecule has 0 radical (unpaired) electrons. The van der Waals surface area contributed by atoms with E-state index in [-0.39, 0.29) is 5.91 Å². The summed E-state index contributed by atoms with van der Waals surface area (Å²) in [6.07, 6.45) is 3.48. The van der Waals surface area contributed by atoms with Gasteiger partial charge in [0.25, 0.3) is 5.91 Å². The molecule has 1 aliphatic heterocycles. The molecule has 1 N–H and O–H groups in total. The second-order valence-electron chi connectivity index (χ2n) is 8.13. The Morgan fingerprint density at radius 1 is 1.46 bits per heavy atom. The fraction of sp³-hybridized carbons (Fsp3) is 0.600. The van der Waals surface area contributed by atoms with Crippen LogP contribution in [0.15, 0.2) is 22.9 Å². The van der Waals surface area contributed by atoms with E-state index in [1.54, 1.807) is 11.3 Å². The molecule has 2 fully saturated rings. The van der Waals surface area contributed by atoms with Crippen molar-refractivity contribution in [2.45, 2.75) is 51.6 Å². The zero-order valence-electron chi connectivity index (χ0n) is 15.9. The predicted molar refractivity (Wildman–Crippen MR) is 104 cm³/mol. The van der Waals surface area contributed by atoms with E-state index in [4.69, 9.17) is 0 Å². The van der Waals surface area contributed by atoms with Crippen molar-refractivity contribution in [2.24, 2.45) is 12.5 Å².